The highest BCUT2D eigenvalue weighted by molar-refractivity contribution is 5.95. The molecule has 9 heteroatoms. The molecule has 3 aromatic rings. The predicted molar refractivity (Wildman–Crippen MR) is 116 cm³/mol. The number of hydrogen-bond acceptors (Lipinski definition) is 4. The number of halogens is 3. The van der Waals surface area contributed by atoms with Crippen LogP contribution in [0.15, 0.2) is 36.5 Å². The summed E-state index contributed by atoms with van der Waals surface area (Å²) in [6.07, 6.45) is -0.193. The molecule has 0 radical (unpaired) electrons. The van der Waals surface area contributed by atoms with Crippen molar-refractivity contribution in [2.75, 3.05) is 11.9 Å². The molecule has 1 N–H and O–H groups in total. The lowest BCUT2D eigenvalue weighted by atomic mass is 9.90. The van der Waals surface area contributed by atoms with E-state index >= 15 is 0 Å². The number of nitrogens with one attached hydrogen (secondary N) is 1. The molecule has 0 spiro atoms. The highest BCUT2D eigenvalue weighted by Crippen LogP contribution is 2.31. The average molecular weight is 445 g/mol. The summed E-state index contributed by atoms with van der Waals surface area (Å²) < 4.78 is 40.8. The zero-order chi connectivity index (χ0) is 23.0. The van der Waals surface area contributed by atoms with E-state index in [2.05, 4.69) is 15.3 Å². The molecular weight excluding hydrogens is 419 g/mol. The van der Waals surface area contributed by atoms with E-state index in [0.29, 0.717) is 17.1 Å². The molecule has 4 rings (SSSR count). The molecule has 0 unspecified atom stereocenters. The summed E-state index contributed by atoms with van der Waals surface area (Å²) in [6, 6.07) is 8.94. The Labute approximate surface area is 184 Å². The largest absolute Gasteiger partial charge is 0.434 e. The summed E-state index contributed by atoms with van der Waals surface area (Å²) in [5.74, 6) is 0.550. The molecule has 3 aromatic heterocycles. The van der Waals surface area contributed by atoms with Gasteiger partial charge < -0.3 is 10.2 Å². The van der Waals surface area contributed by atoms with Gasteiger partial charge in [0.05, 0.1) is 11.3 Å². The van der Waals surface area contributed by atoms with Crippen LogP contribution in [0.5, 0.6) is 0 Å². The number of nitrogens with zero attached hydrogens (tertiary/aromatic N) is 4. The van der Waals surface area contributed by atoms with Gasteiger partial charge in [-0.3, -0.25) is 14.2 Å². The van der Waals surface area contributed by atoms with Gasteiger partial charge in [-0.2, -0.15) is 13.2 Å². The van der Waals surface area contributed by atoms with E-state index in [4.69, 9.17) is 0 Å². The monoisotopic (exact) mass is 445 g/mol. The molecule has 6 nitrogen and oxygen atoms in total. The SMILES string of the molecule is Cc1ccc(C(=O)NC2CCC(N(C)c3cccc4nc(C(F)(F)F)cn34)CC2)c(C)n1. The van der Waals surface area contributed by atoms with Crippen molar-refractivity contribution in [1.29, 1.82) is 0 Å². The highest BCUT2D eigenvalue weighted by atomic mass is 19.4. The zero-order valence-corrected chi connectivity index (χ0v) is 18.3. The summed E-state index contributed by atoms with van der Waals surface area (Å²) >= 11 is 0. The normalized spacial score (nSPS) is 19.2. The fraction of sp³-hybridized carbons (Fsp3) is 0.435. The smallest absolute Gasteiger partial charge is 0.358 e. The second kappa shape index (κ2) is 8.44. The summed E-state index contributed by atoms with van der Waals surface area (Å²) in [4.78, 5) is 22.7. The lowest BCUT2D eigenvalue weighted by molar-refractivity contribution is -0.140. The van der Waals surface area contributed by atoms with Crippen molar-refractivity contribution >= 4 is 17.4 Å². The fourth-order valence-corrected chi connectivity index (χ4v) is 4.40. The molecule has 1 fully saturated rings. The van der Waals surface area contributed by atoms with Crippen molar-refractivity contribution in [3.05, 3.63) is 59.2 Å². The number of anilines is 1. The van der Waals surface area contributed by atoms with E-state index in [9.17, 15) is 18.0 Å². The number of imidazole rings is 1. The van der Waals surface area contributed by atoms with Gasteiger partial charge in [-0.05, 0) is 63.8 Å². The van der Waals surface area contributed by atoms with Crippen LogP contribution in [0.1, 0.15) is 53.1 Å². The summed E-state index contributed by atoms with van der Waals surface area (Å²) in [7, 11) is 1.90. The van der Waals surface area contributed by atoms with E-state index in [1.165, 1.54) is 4.40 Å². The van der Waals surface area contributed by atoms with Crippen LogP contribution >= 0.6 is 0 Å². The van der Waals surface area contributed by atoms with Crippen molar-refractivity contribution in [2.24, 2.45) is 0 Å². The van der Waals surface area contributed by atoms with Crippen molar-refractivity contribution in [1.82, 2.24) is 19.7 Å². The van der Waals surface area contributed by atoms with E-state index < -0.39 is 11.9 Å². The number of fused-ring (bicyclic) bond motifs is 1. The van der Waals surface area contributed by atoms with E-state index in [-0.39, 0.29) is 23.6 Å². The molecule has 0 atom stereocenters. The maximum atomic E-state index is 13.1. The minimum absolute atomic E-state index is 0.0636. The second-order valence-electron chi connectivity index (χ2n) is 8.41. The molecule has 3 heterocycles. The third-order valence-corrected chi connectivity index (χ3v) is 6.17. The Morgan fingerprint density at radius 3 is 2.47 bits per heavy atom. The number of carbonyl (C=O) groups excluding carboxylic acids is 1. The van der Waals surface area contributed by atoms with E-state index in [0.717, 1.165) is 37.6 Å². The molecule has 1 aliphatic carbocycles. The van der Waals surface area contributed by atoms with Gasteiger partial charge in [-0.1, -0.05) is 6.07 Å². The fourth-order valence-electron chi connectivity index (χ4n) is 4.40. The maximum absolute atomic E-state index is 13.1. The molecule has 0 aromatic carbocycles. The van der Waals surface area contributed by atoms with Crippen LogP contribution in [0.25, 0.3) is 5.65 Å². The second-order valence-corrected chi connectivity index (χ2v) is 8.41. The molecule has 32 heavy (non-hydrogen) atoms. The molecule has 0 aliphatic heterocycles. The first-order chi connectivity index (χ1) is 15.1. The lowest BCUT2D eigenvalue weighted by Crippen LogP contribution is -2.43. The van der Waals surface area contributed by atoms with Crippen LogP contribution in [0, 0.1) is 13.8 Å². The van der Waals surface area contributed by atoms with Gasteiger partial charge in [0.25, 0.3) is 5.91 Å². The first-order valence-electron chi connectivity index (χ1n) is 10.7. The quantitative estimate of drug-likeness (QED) is 0.640. The molecule has 1 aliphatic rings. The van der Waals surface area contributed by atoms with Gasteiger partial charge in [-0.15, -0.1) is 0 Å². The molecule has 0 saturated heterocycles. The number of pyridine rings is 2. The molecule has 0 bridgehead atoms. The van der Waals surface area contributed by atoms with Gasteiger partial charge in [-0.25, -0.2) is 4.98 Å². The minimum atomic E-state index is -4.48. The minimum Gasteiger partial charge on any atom is -0.358 e. The van der Waals surface area contributed by atoms with Gasteiger partial charge >= 0.3 is 6.18 Å². The Morgan fingerprint density at radius 1 is 1.09 bits per heavy atom. The van der Waals surface area contributed by atoms with E-state index in [1.807, 2.05) is 31.9 Å². The highest BCUT2D eigenvalue weighted by Gasteiger charge is 2.34. The number of aromatic nitrogens is 3. The number of hydrogen-bond donors (Lipinski definition) is 1. The Kier molecular flexibility index (Phi) is 5.83. The van der Waals surface area contributed by atoms with Crippen LogP contribution in [0.2, 0.25) is 0 Å². The van der Waals surface area contributed by atoms with Gasteiger partial charge in [0.15, 0.2) is 5.69 Å². The standard InChI is InChI=1S/C23H26F3N5O/c1-14-7-12-18(15(2)27-14)22(32)28-16-8-10-17(11-9-16)30(3)21-6-4-5-20-29-19(13-31(20)21)23(24,25)26/h4-7,12-13,16-17H,8-11H2,1-3H3,(H,28,32). The van der Waals surface area contributed by atoms with Crippen molar-refractivity contribution in [2.45, 2.75) is 57.8 Å². The van der Waals surface area contributed by atoms with Crippen LogP contribution in [0.4, 0.5) is 19.0 Å². The maximum Gasteiger partial charge on any atom is 0.434 e. The van der Waals surface area contributed by atoms with Gasteiger partial charge in [0, 0.05) is 31.0 Å². The number of aryl methyl sites for hydroxylation is 2. The summed E-state index contributed by atoms with van der Waals surface area (Å²) in [6.45, 7) is 3.72. The van der Waals surface area contributed by atoms with Crippen LogP contribution < -0.4 is 10.2 Å². The van der Waals surface area contributed by atoms with Crippen molar-refractivity contribution in [3.8, 4) is 0 Å². The lowest BCUT2D eigenvalue weighted by Gasteiger charge is -2.36. The van der Waals surface area contributed by atoms with Crippen molar-refractivity contribution in [3.63, 3.8) is 0 Å². The third-order valence-electron chi connectivity index (χ3n) is 6.17. The Hall–Kier alpha value is -3.10. The molecular formula is C23H26F3N5O. The molecule has 1 amide bonds. The molecule has 1 saturated carbocycles. The van der Waals surface area contributed by atoms with E-state index in [1.54, 1.807) is 24.3 Å². The van der Waals surface area contributed by atoms with Gasteiger partial charge in [0.2, 0.25) is 0 Å². The Balaban J connectivity index is 1.42. The molecule has 170 valence electrons. The Bertz CT molecular complexity index is 1130. The third kappa shape index (κ3) is 4.42. The van der Waals surface area contributed by atoms with Crippen LogP contribution in [-0.2, 0) is 6.18 Å². The van der Waals surface area contributed by atoms with Crippen molar-refractivity contribution < 1.29 is 18.0 Å². The number of amides is 1. The summed E-state index contributed by atoms with van der Waals surface area (Å²) in [5, 5.41) is 3.11. The first-order valence-corrected chi connectivity index (χ1v) is 10.7. The van der Waals surface area contributed by atoms with Crippen LogP contribution in [-0.4, -0.2) is 39.4 Å². The number of alkyl halides is 3. The summed E-state index contributed by atoms with van der Waals surface area (Å²) in [5.41, 5.74) is 1.54. The number of carbonyl (C=O) groups is 1. The first kappa shape index (κ1) is 22.1. The van der Waals surface area contributed by atoms with Gasteiger partial charge in [0.1, 0.15) is 11.5 Å². The zero-order valence-electron chi connectivity index (χ0n) is 18.3. The topological polar surface area (TPSA) is 62.5 Å². The predicted octanol–water partition coefficient (Wildman–Crippen LogP) is 4.54. The Morgan fingerprint density at radius 2 is 1.81 bits per heavy atom. The average Bonchev–Trinajstić information content (AvgIpc) is 3.19. The van der Waals surface area contributed by atoms with Crippen LogP contribution in [0.3, 0.4) is 0 Å². The number of rotatable bonds is 4.